The lowest BCUT2D eigenvalue weighted by molar-refractivity contribution is -0.133. The van der Waals surface area contributed by atoms with E-state index in [1.807, 2.05) is 0 Å². The molecule has 1 aliphatic rings. The van der Waals surface area contributed by atoms with Gasteiger partial charge in [-0.05, 0) is 30.3 Å². The van der Waals surface area contributed by atoms with Crippen molar-refractivity contribution in [2.45, 2.75) is 12.0 Å². The molecule has 0 unspecified atom stereocenters. The number of fused-ring (bicyclic) bond motifs is 1. The fraction of sp³-hybridized carbons (Fsp3) is 0.133. The molecule has 1 aliphatic heterocycles. The number of aliphatic hydroxyl groups is 1. The van der Waals surface area contributed by atoms with Crippen molar-refractivity contribution in [2.24, 2.45) is 0 Å². The standard InChI is InChI=1S/C15H11BrN2O3/c16-10-1-2-12-11(7-10)15(21,14(20)18-12)8-13(19)9-3-5-17-6-4-9/h1-7,21H,8H2,(H,18,20)/t15-/m1/s1. The maximum Gasteiger partial charge on any atom is 0.261 e. The number of hydrogen-bond acceptors (Lipinski definition) is 4. The monoisotopic (exact) mass is 346 g/mol. The number of rotatable bonds is 3. The highest BCUT2D eigenvalue weighted by Gasteiger charge is 2.46. The molecule has 0 spiro atoms. The minimum Gasteiger partial charge on any atom is -0.375 e. The van der Waals surface area contributed by atoms with Crippen molar-refractivity contribution < 1.29 is 14.7 Å². The molecule has 106 valence electrons. The number of benzene rings is 1. The number of carbonyl (C=O) groups excluding carboxylic acids is 2. The number of ketones is 1. The number of halogens is 1. The molecule has 1 atom stereocenters. The first-order valence-corrected chi connectivity index (χ1v) is 7.07. The van der Waals surface area contributed by atoms with Gasteiger partial charge in [0.15, 0.2) is 11.4 Å². The van der Waals surface area contributed by atoms with E-state index in [-0.39, 0.29) is 12.2 Å². The van der Waals surface area contributed by atoms with Gasteiger partial charge in [-0.3, -0.25) is 14.6 Å². The Hall–Kier alpha value is -2.05. The number of anilines is 1. The van der Waals surface area contributed by atoms with Crippen LogP contribution in [0.5, 0.6) is 0 Å². The van der Waals surface area contributed by atoms with Crippen LogP contribution in [0.4, 0.5) is 5.69 Å². The maximum atomic E-state index is 12.3. The average molecular weight is 347 g/mol. The van der Waals surface area contributed by atoms with E-state index in [2.05, 4.69) is 26.2 Å². The summed E-state index contributed by atoms with van der Waals surface area (Å²) in [4.78, 5) is 28.2. The maximum absolute atomic E-state index is 12.3. The van der Waals surface area contributed by atoms with Gasteiger partial charge in [0.2, 0.25) is 0 Å². The summed E-state index contributed by atoms with van der Waals surface area (Å²) in [5.74, 6) is -0.902. The van der Waals surface area contributed by atoms with Crippen LogP contribution in [0.1, 0.15) is 22.3 Å². The number of amides is 1. The Balaban J connectivity index is 1.97. The number of Topliss-reactive ketones (excluding diaryl/α,β-unsaturated/α-hetero) is 1. The van der Waals surface area contributed by atoms with Crippen LogP contribution in [0, 0.1) is 0 Å². The van der Waals surface area contributed by atoms with E-state index in [9.17, 15) is 14.7 Å². The minimum absolute atomic E-state index is 0.313. The van der Waals surface area contributed by atoms with Crippen LogP contribution >= 0.6 is 15.9 Å². The van der Waals surface area contributed by atoms with Gasteiger partial charge in [-0.25, -0.2) is 0 Å². The zero-order valence-electron chi connectivity index (χ0n) is 10.8. The first kappa shape index (κ1) is 13.9. The van der Waals surface area contributed by atoms with E-state index >= 15 is 0 Å². The van der Waals surface area contributed by atoms with Crippen molar-refractivity contribution >= 4 is 33.3 Å². The number of hydrogen-bond donors (Lipinski definition) is 2. The zero-order chi connectivity index (χ0) is 15.0. The van der Waals surface area contributed by atoms with Crippen molar-refractivity contribution in [3.05, 3.63) is 58.3 Å². The van der Waals surface area contributed by atoms with Gasteiger partial charge < -0.3 is 10.4 Å². The molecule has 0 saturated heterocycles. The van der Waals surface area contributed by atoms with Gasteiger partial charge in [0.1, 0.15) is 0 Å². The molecule has 3 rings (SSSR count). The topological polar surface area (TPSA) is 79.3 Å². The van der Waals surface area contributed by atoms with Gasteiger partial charge in [0, 0.05) is 33.7 Å². The van der Waals surface area contributed by atoms with E-state index in [1.165, 1.54) is 12.4 Å². The quantitative estimate of drug-likeness (QED) is 0.835. The summed E-state index contributed by atoms with van der Waals surface area (Å²) < 4.78 is 0.729. The van der Waals surface area contributed by atoms with Crippen LogP contribution in [-0.2, 0) is 10.4 Å². The smallest absolute Gasteiger partial charge is 0.261 e. The zero-order valence-corrected chi connectivity index (χ0v) is 12.4. The first-order valence-electron chi connectivity index (χ1n) is 6.28. The summed E-state index contributed by atoms with van der Waals surface area (Å²) in [5, 5.41) is 13.3. The molecule has 1 amide bonds. The third-order valence-corrected chi connectivity index (χ3v) is 3.96. The van der Waals surface area contributed by atoms with Gasteiger partial charge in [0.05, 0.1) is 6.42 Å². The van der Waals surface area contributed by atoms with Gasteiger partial charge in [-0.2, -0.15) is 0 Å². The Morgan fingerprint density at radius 3 is 2.71 bits per heavy atom. The molecule has 0 fully saturated rings. The average Bonchev–Trinajstić information content (AvgIpc) is 2.72. The molecule has 2 heterocycles. The summed E-state index contributed by atoms with van der Waals surface area (Å²) in [6.45, 7) is 0. The fourth-order valence-corrected chi connectivity index (χ4v) is 2.72. The van der Waals surface area contributed by atoms with Crippen molar-refractivity contribution in [1.29, 1.82) is 0 Å². The molecule has 0 saturated carbocycles. The molecule has 21 heavy (non-hydrogen) atoms. The van der Waals surface area contributed by atoms with E-state index in [0.29, 0.717) is 16.8 Å². The summed E-state index contributed by atoms with van der Waals surface area (Å²) in [6, 6.07) is 8.20. The third-order valence-electron chi connectivity index (χ3n) is 3.47. The normalized spacial score (nSPS) is 20.0. The summed E-state index contributed by atoms with van der Waals surface area (Å²) >= 11 is 3.30. The number of carbonyl (C=O) groups is 2. The Morgan fingerprint density at radius 2 is 2.00 bits per heavy atom. The predicted molar refractivity (Wildman–Crippen MR) is 79.9 cm³/mol. The lowest BCUT2D eigenvalue weighted by atomic mass is 9.88. The van der Waals surface area contributed by atoms with E-state index in [0.717, 1.165) is 4.47 Å². The van der Waals surface area contributed by atoms with Crippen LogP contribution in [0.2, 0.25) is 0 Å². The molecule has 1 aromatic carbocycles. The minimum atomic E-state index is -1.85. The second kappa shape index (κ2) is 5.05. The number of nitrogens with one attached hydrogen (secondary N) is 1. The molecule has 1 aromatic heterocycles. The molecule has 2 N–H and O–H groups in total. The largest absolute Gasteiger partial charge is 0.375 e. The van der Waals surface area contributed by atoms with Gasteiger partial charge >= 0.3 is 0 Å². The van der Waals surface area contributed by atoms with Crippen LogP contribution in [-0.4, -0.2) is 21.8 Å². The van der Waals surface area contributed by atoms with Crippen molar-refractivity contribution in [2.75, 3.05) is 5.32 Å². The van der Waals surface area contributed by atoms with Gasteiger partial charge in [-0.1, -0.05) is 15.9 Å². The highest BCUT2D eigenvalue weighted by Crippen LogP contribution is 2.40. The molecule has 5 nitrogen and oxygen atoms in total. The molecule has 0 aliphatic carbocycles. The molecular formula is C15H11BrN2O3. The van der Waals surface area contributed by atoms with E-state index < -0.39 is 11.5 Å². The second-order valence-electron chi connectivity index (χ2n) is 4.84. The Labute approximate surface area is 129 Å². The Bertz CT molecular complexity index is 733. The molecular weight excluding hydrogens is 336 g/mol. The highest BCUT2D eigenvalue weighted by atomic mass is 79.9. The van der Waals surface area contributed by atoms with Crippen molar-refractivity contribution in [3.63, 3.8) is 0 Å². The Kier molecular flexibility index (Phi) is 3.35. The Morgan fingerprint density at radius 1 is 1.29 bits per heavy atom. The van der Waals surface area contributed by atoms with Gasteiger partial charge in [-0.15, -0.1) is 0 Å². The summed E-state index contributed by atoms with van der Waals surface area (Å²) in [6.07, 6.45) is 2.68. The summed E-state index contributed by atoms with van der Waals surface area (Å²) in [5.41, 5.74) is -0.508. The third kappa shape index (κ3) is 2.36. The highest BCUT2D eigenvalue weighted by molar-refractivity contribution is 9.10. The van der Waals surface area contributed by atoms with Crippen LogP contribution < -0.4 is 5.32 Å². The number of nitrogens with zero attached hydrogens (tertiary/aromatic N) is 1. The number of pyridine rings is 1. The van der Waals surface area contributed by atoms with Crippen LogP contribution in [0.15, 0.2) is 47.2 Å². The predicted octanol–water partition coefficient (Wildman–Crippen LogP) is 2.26. The van der Waals surface area contributed by atoms with Crippen molar-refractivity contribution in [3.8, 4) is 0 Å². The fourth-order valence-electron chi connectivity index (χ4n) is 2.36. The molecule has 0 bridgehead atoms. The molecule has 0 radical (unpaired) electrons. The van der Waals surface area contributed by atoms with Crippen LogP contribution in [0.3, 0.4) is 0 Å². The SMILES string of the molecule is O=C(C[C@]1(O)C(=O)Nc2ccc(Br)cc21)c1ccncc1. The lowest BCUT2D eigenvalue weighted by Gasteiger charge is -2.20. The molecule has 2 aromatic rings. The second-order valence-corrected chi connectivity index (χ2v) is 5.76. The first-order chi connectivity index (χ1) is 10.0. The van der Waals surface area contributed by atoms with Crippen molar-refractivity contribution in [1.82, 2.24) is 4.98 Å². The van der Waals surface area contributed by atoms with E-state index in [4.69, 9.17) is 0 Å². The number of aromatic nitrogens is 1. The van der Waals surface area contributed by atoms with Crippen LogP contribution in [0.25, 0.3) is 0 Å². The molecule has 6 heteroatoms. The lowest BCUT2D eigenvalue weighted by Crippen LogP contribution is -2.36. The van der Waals surface area contributed by atoms with Gasteiger partial charge in [0.25, 0.3) is 5.91 Å². The summed E-state index contributed by atoms with van der Waals surface area (Å²) in [7, 11) is 0. The van der Waals surface area contributed by atoms with E-state index in [1.54, 1.807) is 30.3 Å².